The molecule has 210 valence electrons. The Morgan fingerprint density at radius 3 is 2.51 bits per heavy atom. The van der Waals surface area contributed by atoms with E-state index in [9.17, 15) is 4.79 Å². The summed E-state index contributed by atoms with van der Waals surface area (Å²) in [5.41, 5.74) is 11.2. The first-order chi connectivity index (χ1) is 18.7. The number of rotatable bonds is 13. The molecule has 1 unspecified atom stereocenters. The average molecular weight is 537 g/mol. The molecule has 1 fully saturated rings. The molecule has 9 heteroatoms. The number of hydrogen-bond donors (Lipinski definition) is 3. The van der Waals surface area contributed by atoms with E-state index in [2.05, 4.69) is 34.7 Å². The number of carbonyl (C=O) groups is 1. The lowest BCUT2D eigenvalue weighted by Gasteiger charge is -2.20. The third-order valence-electron chi connectivity index (χ3n) is 6.62. The SMILES string of the molecule is CCOc1cc2ncc(CC(N)=O)c(Nc3cccc(CNCC4COC(C)(C)O4)c3CC)c2cc1OCC. The van der Waals surface area contributed by atoms with Gasteiger partial charge in [0.15, 0.2) is 17.3 Å². The summed E-state index contributed by atoms with van der Waals surface area (Å²) in [6.45, 7) is 12.8. The summed E-state index contributed by atoms with van der Waals surface area (Å²) in [7, 11) is 0. The van der Waals surface area contributed by atoms with Crippen LogP contribution in [0.1, 0.15) is 51.3 Å². The predicted molar refractivity (Wildman–Crippen MR) is 153 cm³/mol. The highest BCUT2D eigenvalue weighted by Crippen LogP contribution is 2.38. The molecule has 39 heavy (non-hydrogen) atoms. The molecule has 0 aliphatic carbocycles. The van der Waals surface area contributed by atoms with Gasteiger partial charge in [-0.25, -0.2) is 0 Å². The number of nitrogens with one attached hydrogen (secondary N) is 2. The van der Waals surface area contributed by atoms with Crippen LogP contribution in [0.15, 0.2) is 36.5 Å². The fourth-order valence-electron chi connectivity index (χ4n) is 4.95. The van der Waals surface area contributed by atoms with Crippen molar-refractivity contribution in [3.05, 3.63) is 53.2 Å². The molecule has 9 nitrogen and oxygen atoms in total. The van der Waals surface area contributed by atoms with Crippen LogP contribution in [0, 0.1) is 0 Å². The highest BCUT2D eigenvalue weighted by atomic mass is 16.7. The Balaban J connectivity index is 1.67. The van der Waals surface area contributed by atoms with Crippen molar-refractivity contribution in [1.29, 1.82) is 0 Å². The van der Waals surface area contributed by atoms with Crippen molar-refractivity contribution in [1.82, 2.24) is 10.3 Å². The summed E-state index contributed by atoms with van der Waals surface area (Å²) in [5.74, 6) is 0.301. The molecule has 3 aromatic rings. The van der Waals surface area contributed by atoms with Gasteiger partial charge in [-0.1, -0.05) is 19.1 Å². The molecule has 1 aliphatic heterocycles. The van der Waals surface area contributed by atoms with Gasteiger partial charge in [-0.3, -0.25) is 9.78 Å². The van der Waals surface area contributed by atoms with Gasteiger partial charge in [0.25, 0.3) is 0 Å². The van der Waals surface area contributed by atoms with Crippen LogP contribution in [0.4, 0.5) is 11.4 Å². The van der Waals surface area contributed by atoms with Crippen molar-refractivity contribution in [2.45, 2.75) is 65.9 Å². The maximum atomic E-state index is 12.0. The van der Waals surface area contributed by atoms with Crippen LogP contribution < -0.4 is 25.8 Å². The van der Waals surface area contributed by atoms with Crippen LogP contribution in [-0.2, 0) is 33.7 Å². The van der Waals surface area contributed by atoms with Gasteiger partial charge in [0.1, 0.15) is 0 Å². The summed E-state index contributed by atoms with van der Waals surface area (Å²) in [4.78, 5) is 16.6. The standard InChI is InChI=1S/C30H40N4O5/c1-6-22-19(15-32-17-21-18-38-30(4,5)39-21)10-9-11-24(22)34-29-20(12-28(31)35)16-33-25-14-27(37-8-3)26(36-7-2)13-23(25)29/h9-11,13-14,16,21,32H,6-8,12,15,17-18H2,1-5H3,(H2,31,35)(H,33,34). The monoisotopic (exact) mass is 536 g/mol. The minimum Gasteiger partial charge on any atom is -0.490 e. The molecule has 0 radical (unpaired) electrons. The molecule has 1 saturated heterocycles. The molecular formula is C30H40N4O5. The van der Waals surface area contributed by atoms with Crippen LogP contribution in [0.2, 0.25) is 0 Å². The first kappa shape index (κ1) is 28.6. The van der Waals surface area contributed by atoms with Crippen molar-refractivity contribution in [3.63, 3.8) is 0 Å². The first-order valence-corrected chi connectivity index (χ1v) is 13.6. The fraction of sp³-hybridized carbons (Fsp3) is 0.467. The number of ether oxygens (including phenoxy) is 4. The zero-order chi connectivity index (χ0) is 28.0. The van der Waals surface area contributed by atoms with E-state index in [1.54, 1.807) is 6.20 Å². The third-order valence-corrected chi connectivity index (χ3v) is 6.62. The van der Waals surface area contributed by atoms with Crippen LogP contribution in [-0.4, -0.2) is 49.1 Å². The minimum atomic E-state index is -0.536. The number of hydrogen-bond acceptors (Lipinski definition) is 8. The van der Waals surface area contributed by atoms with Gasteiger partial charge >= 0.3 is 0 Å². The number of carbonyl (C=O) groups excluding carboxylic acids is 1. The molecule has 0 bridgehead atoms. The summed E-state index contributed by atoms with van der Waals surface area (Å²) in [5, 5.41) is 7.97. The van der Waals surface area contributed by atoms with E-state index in [0.717, 1.165) is 28.7 Å². The van der Waals surface area contributed by atoms with E-state index in [-0.39, 0.29) is 12.5 Å². The number of primary amides is 1. The highest BCUT2D eigenvalue weighted by molar-refractivity contribution is 5.98. The lowest BCUT2D eigenvalue weighted by atomic mass is 10.0. The van der Waals surface area contributed by atoms with Crippen molar-refractivity contribution in [2.75, 3.05) is 31.7 Å². The Morgan fingerprint density at radius 1 is 1.13 bits per heavy atom. The van der Waals surface area contributed by atoms with Crippen molar-refractivity contribution in [2.24, 2.45) is 5.73 Å². The third kappa shape index (κ3) is 6.98. The van der Waals surface area contributed by atoms with Crippen LogP contribution in [0.5, 0.6) is 11.5 Å². The molecule has 0 saturated carbocycles. The molecule has 2 aromatic carbocycles. The van der Waals surface area contributed by atoms with Crippen molar-refractivity contribution >= 4 is 28.2 Å². The quantitative estimate of drug-likeness (QED) is 0.290. The van der Waals surface area contributed by atoms with Gasteiger partial charge in [-0.05, 0) is 57.4 Å². The number of anilines is 2. The van der Waals surface area contributed by atoms with Gasteiger partial charge < -0.3 is 35.3 Å². The number of aromatic nitrogens is 1. The van der Waals surface area contributed by atoms with Crippen LogP contribution >= 0.6 is 0 Å². The second-order valence-electron chi connectivity index (χ2n) is 9.99. The zero-order valence-corrected chi connectivity index (χ0v) is 23.6. The van der Waals surface area contributed by atoms with Crippen molar-refractivity contribution < 1.29 is 23.7 Å². The predicted octanol–water partition coefficient (Wildman–Crippen LogP) is 4.61. The van der Waals surface area contributed by atoms with E-state index in [0.29, 0.717) is 50.0 Å². The molecule has 2 heterocycles. The van der Waals surface area contributed by atoms with E-state index in [4.69, 9.17) is 24.7 Å². The lowest BCUT2D eigenvalue weighted by molar-refractivity contribution is -0.137. The molecule has 4 N–H and O–H groups in total. The molecule has 0 spiro atoms. The molecule has 1 amide bonds. The number of benzene rings is 2. The number of pyridine rings is 1. The van der Waals surface area contributed by atoms with E-state index in [1.165, 1.54) is 11.1 Å². The van der Waals surface area contributed by atoms with Crippen molar-refractivity contribution in [3.8, 4) is 11.5 Å². The molecular weight excluding hydrogens is 496 g/mol. The summed E-state index contributed by atoms with van der Waals surface area (Å²) in [6.07, 6.45) is 2.61. The van der Waals surface area contributed by atoms with E-state index < -0.39 is 11.7 Å². The van der Waals surface area contributed by atoms with Crippen LogP contribution in [0.25, 0.3) is 10.9 Å². The van der Waals surface area contributed by atoms with Gasteiger partial charge in [0.05, 0.1) is 43.5 Å². The zero-order valence-electron chi connectivity index (χ0n) is 23.6. The number of amides is 1. The van der Waals surface area contributed by atoms with Gasteiger partial charge in [0, 0.05) is 42.0 Å². The van der Waals surface area contributed by atoms with E-state index >= 15 is 0 Å². The molecule has 1 aromatic heterocycles. The maximum Gasteiger partial charge on any atom is 0.221 e. The van der Waals surface area contributed by atoms with Crippen LogP contribution in [0.3, 0.4) is 0 Å². The Labute approximate surface area is 230 Å². The number of fused-ring (bicyclic) bond motifs is 1. The Morgan fingerprint density at radius 2 is 1.87 bits per heavy atom. The summed E-state index contributed by atoms with van der Waals surface area (Å²) in [6, 6.07) is 10.0. The second-order valence-corrected chi connectivity index (χ2v) is 9.99. The Bertz CT molecular complexity index is 1310. The lowest BCUT2D eigenvalue weighted by Crippen LogP contribution is -2.30. The maximum absolute atomic E-state index is 12.0. The molecule has 1 atom stereocenters. The topological polar surface area (TPSA) is 117 Å². The van der Waals surface area contributed by atoms with Gasteiger partial charge in [-0.15, -0.1) is 0 Å². The smallest absolute Gasteiger partial charge is 0.221 e. The molecule has 1 aliphatic rings. The highest BCUT2D eigenvalue weighted by Gasteiger charge is 2.32. The first-order valence-electron chi connectivity index (χ1n) is 13.6. The summed E-state index contributed by atoms with van der Waals surface area (Å²) >= 11 is 0. The molecule has 4 rings (SSSR count). The number of nitrogens with zero attached hydrogens (tertiary/aromatic N) is 1. The number of nitrogens with two attached hydrogens (primary N) is 1. The average Bonchev–Trinajstić information content (AvgIpc) is 3.24. The summed E-state index contributed by atoms with van der Waals surface area (Å²) < 4.78 is 23.3. The second kappa shape index (κ2) is 12.6. The van der Waals surface area contributed by atoms with Gasteiger partial charge in [0.2, 0.25) is 5.91 Å². The Kier molecular flexibility index (Phi) is 9.27. The minimum absolute atomic E-state index is 0.0204. The van der Waals surface area contributed by atoms with E-state index in [1.807, 2.05) is 45.9 Å². The van der Waals surface area contributed by atoms with Gasteiger partial charge in [-0.2, -0.15) is 0 Å². The Hall–Kier alpha value is -3.40. The fourth-order valence-corrected chi connectivity index (χ4v) is 4.95. The normalized spacial score (nSPS) is 16.4. The largest absolute Gasteiger partial charge is 0.490 e.